The minimum atomic E-state index is -0.780. The summed E-state index contributed by atoms with van der Waals surface area (Å²) in [5, 5.41) is 14.6. The highest BCUT2D eigenvalue weighted by Crippen LogP contribution is 2.18. The summed E-state index contributed by atoms with van der Waals surface area (Å²) in [5.74, 6) is -0.746. The van der Waals surface area contributed by atoms with Gasteiger partial charge in [-0.1, -0.05) is 0 Å². The SMILES string of the molecule is CC1(C(=O)NCCCCC(=O)O)CCCCN1. The van der Waals surface area contributed by atoms with Crippen LogP contribution in [0.1, 0.15) is 45.4 Å². The number of unbranched alkanes of at least 4 members (excludes halogenated alkanes) is 1. The fourth-order valence-corrected chi connectivity index (χ4v) is 2.05. The highest BCUT2D eigenvalue weighted by atomic mass is 16.4. The first-order chi connectivity index (χ1) is 8.04. The number of carbonyl (C=O) groups is 2. The van der Waals surface area contributed by atoms with Crippen LogP contribution in [0.15, 0.2) is 0 Å². The molecule has 5 heteroatoms. The van der Waals surface area contributed by atoms with Crippen molar-refractivity contribution in [3.63, 3.8) is 0 Å². The first-order valence-corrected chi connectivity index (χ1v) is 6.30. The van der Waals surface area contributed by atoms with Crippen molar-refractivity contribution >= 4 is 11.9 Å². The van der Waals surface area contributed by atoms with E-state index >= 15 is 0 Å². The Morgan fingerprint density at radius 1 is 1.35 bits per heavy atom. The van der Waals surface area contributed by atoms with Crippen LogP contribution in [-0.2, 0) is 9.59 Å². The van der Waals surface area contributed by atoms with E-state index in [-0.39, 0.29) is 12.3 Å². The Balaban J connectivity index is 2.17. The summed E-state index contributed by atoms with van der Waals surface area (Å²) in [7, 11) is 0. The van der Waals surface area contributed by atoms with Crippen LogP contribution in [0.5, 0.6) is 0 Å². The van der Waals surface area contributed by atoms with Gasteiger partial charge in [-0.3, -0.25) is 9.59 Å². The van der Waals surface area contributed by atoms with E-state index in [0.717, 1.165) is 25.8 Å². The number of nitrogens with one attached hydrogen (secondary N) is 2. The van der Waals surface area contributed by atoms with E-state index in [0.29, 0.717) is 19.4 Å². The van der Waals surface area contributed by atoms with E-state index < -0.39 is 11.5 Å². The highest BCUT2D eigenvalue weighted by Gasteiger charge is 2.33. The van der Waals surface area contributed by atoms with Crippen molar-refractivity contribution in [3.05, 3.63) is 0 Å². The predicted molar refractivity (Wildman–Crippen MR) is 64.8 cm³/mol. The zero-order valence-corrected chi connectivity index (χ0v) is 10.4. The van der Waals surface area contributed by atoms with Crippen LogP contribution in [0.2, 0.25) is 0 Å². The molecule has 98 valence electrons. The molecule has 0 radical (unpaired) electrons. The molecule has 1 fully saturated rings. The van der Waals surface area contributed by atoms with Gasteiger partial charge >= 0.3 is 5.97 Å². The number of amides is 1. The number of carbonyl (C=O) groups excluding carboxylic acids is 1. The maximum atomic E-state index is 11.9. The standard InChI is InChI=1S/C12H22N2O3/c1-12(7-3-5-9-14-12)11(17)13-8-4-2-6-10(15)16/h14H,2-9H2,1H3,(H,13,17)(H,15,16). The van der Waals surface area contributed by atoms with Crippen LogP contribution in [-0.4, -0.2) is 35.6 Å². The molecule has 1 atom stereocenters. The molecule has 0 aliphatic carbocycles. The molecule has 1 heterocycles. The molecule has 0 spiro atoms. The van der Waals surface area contributed by atoms with Crippen molar-refractivity contribution < 1.29 is 14.7 Å². The number of hydrogen-bond donors (Lipinski definition) is 3. The lowest BCUT2D eigenvalue weighted by molar-refractivity contribution is -0.137. The van der Waals surface area contributed by atoms with Gasteiger partial charge in [0.1, 0.15) is 0 Å². The lowest BCUT2D eigenvalue weighted by atomic mass is 9.90. The number of rotatable bonds is 6. The Bertz CT molecular complexity index is 273. The molecule has 1 aliphatic rings. The minimum Gasteiger partial charge on any atom is -0.481 e. The highest BCUT2D eigenvalue weighted by molar-refractivity contribution is 5.85. The molecule has 0 saturated carbocycles. The molecular weight excluding hydrogens is 220 g/mol. The zero-order chi connectivity index (χ0) is 12.7. The molecule has 0 aromatic rings. The van der Waals surface area contributed by atoms with Gasteiger partial charge in [0, 0.05) is 13.0 Å². The summed E-state index contributed by atoms with van der Waals surface area (Å²) in [6.45, 7) is 3.38. The van der Waals surface area contributed by atoms with E-state index in [1.807, 2.05) is 6.92 Å². The summed E-state index contributed by atoms with van der Waals surface area (Å²) in [6.07, 6.45) is 4.57. The van der Waals surface area contributed by atoms with Crippen LogP contribution >= 0.6 is 0 Å². The minimum absolute atomic E-state index is 0.0347. The molecule has 17 heavy (non-hydrogen) atoms. The van der Waals surface area contributed by atoms with Crippen LogP contribution < -0.4 is 10.6 Å². The molecule has 1 saturated heterocycles. The summed E-state index contributed by atoms with van der Waals surface area (Å²) >= 11 is 0. The molecule has 1 unspecified atom stereocenters. The van der Waals surface area contributed by atoms with Crippen molar-refractivity contribution in [1.82, 2.24) is 10.6 Å². The fraction of sp³-hybridized carbons (Fsp3) is 0.833. The van der Waals surface area contributed by atoms with E-state index in [4.69, 9.17) is 5.11 Å². The number of piperidine rings is 1. The third-order valence-electron chi connectivity index (χ3n) is 3.22. The topological polar surface area (TPSA) is 78.4 Å². The Labute approximate surface area is 102 Å². The van der Waals surface area contributed by atoms with Gasteiger partial charge in [0.05, 0.1) is 5.54 Å². The van der Waals surface area contributed by atoms with Crippen molar-refractivity contribution in [2.24, 2.45) is 0 Å². The van der Waals surface area contributed by atoms with Crippen molar-refractivity contribution in [3.8, 4) is 0 Å². The van der Waals surface area contributed by atoms with Crippen molar-refractivity contribution in [2.45, 2.75) is 51.0 Å². The Hall–Kier alpha value is -1.10. The quantitative estimate of drug-likeness (QED) is 0.604. The van der Waals surface area contributed by atoms with E-state index in [1.54, 1.807) is 0 Å². The smallest absolute Gasteiger partial charge is 0.303 e. The maximum absolute atomic E-state index is 11.9. The first-order valence-electron chi connectivity index (χ1n) is 6.30. The van der Waals surface area contributed by atoms with Gasteiger partial charge in [-0.25, -0.2) is 0 Å². The van der Waals surface area contributed by atoms with Gasteiger partial charge in [-0.05, 0) is 45.6 Å². The second kappa shape index (κ2) is 6.59. The number of carboxylic acid groups (broad SMARTS) is 1. The molecule has 1 amide bonds. The van der Waals surface area contributed by atoms with Crippen LogP contribution in [0.4, 0.5) is 0 Å². The molecule has 1 rings (SSSR count). The molecule has 1 aliphatic heterocycles. The molecule has 5 nitrogen and oxygen atoms in total. The van der Waals surface area contributed by atoms with Crippen LogP contribution in [0, 0.1) is 0 Å². The Kier molecular flexibility index (Phi) is 5.41. The maximum Gasteiger partial charge on any atom is 0.303 e. The lowest BCUT2D eigenvalue weighted by Gasteiger charge is -2.33. The molecule has 0 aromatic heterocycles. The molecule has 0 aromatic carbocycles. The average Bonchev–Trinajstić information content (AvgIpc) is 2.29. The number of hydrogen-bond acceptors (Lipinski definition) is 3. The third-order valence-corrected chi connectivity index (χ3v) is 3.22. The fourth-order valence-electron chi connectivity index (χ4n) is 2.05. The van der Waals surface area contributed by atoms with Crippen molar-refractivity contribution in [1.29, 1.82) is 0 Å². The van der Waals surface area contributed by atoms with E-state index in [9.17, 15) is 9.59 Å². The summed E-state index contributed by atoms with van der Waals surface area (Å²) < 4.78 is 0. The van der Waals surface area contributed by atoms with Gasteiger partial charge in [0.2, 0.25) is 5.91 Å². The average molecular weight is 242 g/mol. The number of carboxylic acids is 1. The van der Waals surface area contributed by atoms with Crippen LogP contribution in [0.25, 0.3) is 0 Å². The van der Waals surface area contributed by atoms with Gasteiger partial charge in [0.15, 0.2) is 0 Å². The number of aliphatic carboxylic acids is 1. The zero-order valence-electron chi connectivity index (χ0n) is 10.4. The van der Waals surface area contributed by atoms with E-state index in [1.165, 1.54) is 0 Å². The summed E-state index contributed by atoms with van der Waals surface area (Å²) in [6, 6.07) is 0. The summed E-state index contributed by atoms with van der Waals surface area (Å²) in [5.41, 5.74) is -0.439. The van der Waals surface area contributed by atoms with Gasteiger partial charge in [-0.15, -0.1) is 0 Å². The van der Waals surface area contributed by atoms with Gasteiger partial charge in [0.25, 0.3) is 0 Å². The third kappa shape index (κ3) is 4.73. The summed E-state index contributed by atoms with van der Waals surface area (Å²) in [4.78, 5) is 22.2. The molecule has 0 bridgehead atoms. The molecular formula is C12H22N2O3. The Morgan fingerprint density at radius 3 is 2.71 bits per heavy atom. The van der Waals surface area contributed by atoms with Gasteiger partial charge in [-0.2, -0.15) is 0 Å². The van der Waals surface area contributed by atoms with Crippen LogP contribution in [0.3, 0.4) is 0 Å². The second-order valence-electron chi connectivity index (χ2n) is 4.82. The predicted octanol–water partition coefficient (Wildman–Crippen LogP) is 0.890. The first kappa shape index (κ1) is 14.0. The second-order valence-corrected chi connectivity index (χ2v) is 4.82. The van der Waals surface area contributed by atoms with Gasteiger partial charge < -0.3 is 15.7 Å². The Morgan fingerprint density at radius 2 is 2.12 bits per heavy atom. The molecule has 3 N–H and O–H groups in total. The largest absolute Gasteiger partial charge is 0.481 e. The van der Waals surface area contributed by atoms with Crippen molar-refractivity contribution in [2.75, 3.05) is 13.1 Å². The normalized spacial score (nSPS) is 24.3. The van der Waals surface area contributed by atoms with E-state index in [2.05, 4.69) is 10.6 Å². The monoisotopic (exact) mass is 242 g/mol. The lowest BCUT2D eigenvalue weighted by Crippen LogP contribution is -2.57.